The highest BCUT2D eigenvalue weighted by molar-refractivity contribution is 5.85. The standard InChI is InChI=1S/C12H11N5O/c13-6-11-10-5-8(17-4-3-14-7-17)1-2-9(10)12(18)16-15-11/h1-5,7H,6,13H2,(H,16,18). The SMILES string of the molecule is NCc1n[nH]c(=O)c2ccc(-n3ccnc3)cc12. The molecule has 3 N–H and O–H groups in total. The smallest absolute Gasteiger partial charge is 0.272 e. The zero-order chi connectivity index (χ0) is 12.5. The molecule has 6 heteroatoms. The molecule has 1 aromatic carbocycles. The van der Waals surface area contributed by atoms with Crippen molar-refractivity contribution in [2.75, 3.05) is 0 Å². The second-order valence-electron chi connectivity index (χ2n) is 3.90. The van der Waals surface area contributed by atoms with Crippen molar-refractivity contribution >= 4 is 10.8 Å². The average molecular weight is 241 g/mol. The van der Waals surface area contributed by atoms with Crippen molar-refractivity contribution in [3.05, 3.63) is 53.0 Å². The quantitative estimate of drug-likeness (QED) is 0.686. The summed E-state index contributed by atoms with van der Waals surface area (Å²) in [5.41, 5.74) is 7.01. The summed E-state index contributed by atoms with van der Waals surface area (Å²) in [4.78, 5) is 15.7. The van der Waals surface area contributed by atoms with Gasteiger partial charge in [0.2, 0.25) is 0 Å². The molecule has 0 saturated carbocycles. The van der Waals surface area contributed by atoms with Crippen molar-refractivity contribution in [3.8, 4) is 5.69 Å². The summed E-state index contributed by atoms with van der Waals surface area (Å²) in [6, 6.07) is 5.52. The number of hydrogen-bond acceptors (Lipinski definition) is 4. The predicted molar refractivity (Wildman–Crippen MR) is 67.4 cm³/mol. The highest BCUT2D eigenvalue weighted by Crippen LogP contribution is 2.17. The second kappa shape index (κ2) is 4.08. The third-order valence-corrected chi connectivity index (χ3v) is 2.85. The third kappa shape index (κ3) is 1.59. The van der Waals surface area contributed by atoms with Crippen molar-refractivity contribution in [2.24, 2.45) is 5.73 Å². The Morgan fingerprint density at radius 2 is 2.22 bits per heavy atom. The largest absolute Gasteiger partial charge is 0.325 e. The first-order valence-electron chi connectivity index (χ1n) is 5.49. The molecule has 0 fully saturated rings. The summed E-state index contributed by atoms with van der Waals surface area (Å²) in [7, 11) is 0. The van der Waals surface area contributed by atoms with Crippen LogP contribution in [0.4, 0.5) is 0 Å². The Labute approximate surface area is 102 Å². The Hall–Kier alpha value is -2.47. The van der Waals surface area contributed by atoms with Gasteiger partial charge in [0.1, 0.15) is 0 Å². The summed E-state index contributed by atoms with van der Waals surface area (Å²) in [6.45, 7) is 0.278. The molecule has 0 atom stereocenters. The van der Waals surface area contributed by atoms with Crippen molar-refractivity contribution in [3.63, 3.8) is 0 Å². The number of rotatable bonds is 2. The van der Waals surface area contributed by atoms with Gasteiger partial charge >= 0.3 is 0 Å². The highest BCUT2D eigenvalue weighted by atomic mass is 16.1. The molecule has 0 unspecified atom stereocenters. The van der Waals surface area contributed by atoms with Crippen molar-refractivity contribution < 1.29 is 0 Å². The van der Waals surface area contributed by atoms with Gasteiger partial charge in [-0.15, -0.1) is 0 Å². The van der Waals surface area contributed by atoms with Crippen LogP contribution in [0.5, 0.6) is 0 Å². The van der Waals surface area contributed by atoms with Gasteiger partial charge < -0.3 is 10.3 Å². The van der Waals surface area contributed by atoms with Crippen LogP contribution in [-0.2, 0) is 6.54 Å². The van der Waals surface area contributed by atoms with Crippen LogP contribution in [0.2, 0.25) is 0 Å². The third-order valence-electron chi connectivity index (χ3n) is 2.85. The number of benzene rings is 1. The minimum absolute atomic E-state index is 0.209. The number of hydrogen-bond donors (Lipinski definition) is 2. The fraction of sp³-hybridized carbons (Fsp3) is 0.0833. The molecule has 0 aliphatic heterocycles. The first-order chi connectivity index (χ1) is 8.79. The number of H-pyrrole nitrogens is 1. The molecule has 0 aliphatic carbocycles. The molecule has 0 saturated heterocycles. The summed E-state index contributed by atoms with van der Waals surface area (Å²) >= 11 is 0. The van der Waals surface area contributed by atoms with E-state index < -0.39 is 0 Å². The van der Waals surface area contributed by atoms with Gasteiger partial charge in [0.25, 0.3) is 5.56 Å². The maximum Gasteiger partial charge on any atom is 0.272 e. The van der Waals surface area contributed by atoms with Gasteiger partial charge in [-0.05, 0) is 18.2 Å². The van der Waals surface area contributed by atoms with Crippen LogP contribution in [0.15, 0.2) is 41.7 Å². The minimum Gasteiger partial charge on any atom is -0.325 e. The van der Waals surface area contributed by atoms with Crippen LogP contribution in [0.1, 0.15) is 5.69 Å². The second-order valence-corrected chi connectivity index (χ2v) is 3.90. The predicted octanol–water partition coefficient (Wildman–Crippen LogP) is 0.567. The molecular formula is C12H11N5O. The fourth-order valence-corrected chi connectivity index (χ4v) is 1.94. The molecule has 0 amide bonds. The lowest BCUT2D eigenvalue weighted by Crippen LogP contribution is -2.13. The summed E-state index contributed by atoms with van der Waals surface area (Å²) < 4.78 is 1.86. The van der Waals surface area contributed by atoms with E-state index in [1.54, 1.807) is 18.6 Å². The number of nitrogens with one attached hydrogen (secondary N) is 1. The Morgan fingerprint density at radius 1 is 1.33 bits per heavy atom. The molecular weight excluding hydrogens is 230 g/mol. The molecule has 2 heterocycles. The van der Waals surface area contributed by atoms with E-state index in [0.717, 1.165) is 11.1 Å². The van der Waals surface area contributed by atoms with Gasteiger partial charge in [0.05, 0.1) is 17.4 Å². The van der Waals surface area contributed by atoms with E-state index in [1.807, 2.05) is 22.9 Å². The number of fused-ring (bicyclic) bond motifs is 1. The van der Waals surface area contributed by atoms with E-state index in [2.05, 4.69) is 15.2 Å². The Bertz CT molecular complexity index is 745. The molecule has 6 nitrogen and oxygen atoms in total. The fourth-order valence-electron chi connectivity index (χ4n) is 1.94. The van der Waals surface area contributed by atoms with Crippen LogP contribution in [0, 0.1) is 0 Å². The molecule has 2 aromatic heterocycles. The van der Waals surface area contributed by atoms with Gasteiger partial charge in [0.15, 0.2) is 0 Å². The maximum absolute atomic E-state index is 11.7. The zero-order valence-corrected chi connectivity index (χ0v) is 9.50. The molecule has 3 aromatic rings. The van der Waals surface area contributed by atoms with Crippen molar-refractivity contribution in [2.45, 2.75) is 6.54 Å². The molecule has 0 aliphatic rings. The minimum atomic E-state index is -0.209. The van der Waals surface area contributed by atoms with Gasteiger partial charge in [-0.1, -0.05) is 0 Å². The van der Waals surface area contributed by atoms with Crippen LogP contribution >= 0.6 is 0 Å². The monoisotopic (exact) mass is 241 g/mol. The van der Waals surface area contributed by atoms with E-state index in [4.69, 9.17) is 5.73 Å². The van der Waals surface area contributed by atoms with Gasteiger partial charge in [-0.25, -0.2) is 10.1 Å². The van der Waals surface area contributed by atoms with E-state index in [0.29, 0.717) is 11.1 Å². The summed E-state index contributed by atoms with van der Waals surface area (Å²) in [5.74, 6) is 0. The van der Waals surface area contributed by atoms with Crippen LogP contribution in [0.25, 0.3) is 16.5 Å². The number of imidazole rings is 1. The van der Waals surface area contributed by atoms with Crippen LogP contribution in [0.3, 0.4) is 0 Å². The summed E-state index contributed by atoms with van der Waals surface area (Å²) in [6.07, 6.45) is 5.23. The van der Waals surface area contributed by atoms with Gasteiger partial charge in [0, 0.05) is 30.0 Å². The molecule has 18 heavy (non-hydrogen) atoms. The first kappa shape index (κ1) is 10.7. The first-order valence-corrected chi connectivity index (χ1v) is 5.49. The number of nitrogens with two attached hydrogens (primary N) is 1. The van der Waals surface area contributed by atoms with E-state index >= 15 is 0 Å². The molecule has 0 radical (unpaired) electrons. The number of aromatic nitrogens is 4. The van der Waals surface area contributed by atoms with E-state index in [-0.39, 0.29) is 12.1 Å². The molecule has 90 valence electrons. The average Bonchev–Trinajstić information content (AvgIpc) is 2.93. The maximum atomic E-state index is 11.7. The normalized spacial score (nSPS) is 10.9. The molecule has 3 rings (SSSR count). The lowest BCUT2D eigenvalue weighted by Gasteiger charge is -2.06. The van der Waals surface area contributed by atoms with E-state index in [1.165, 1.54) is 0 Å². The zero-order valence-electron chi connectivity index (χ0n) is 9.50. The van der Waals surface area contributed by atoms with Crippen molar-refractivity contribution in [1.29, 1.82) is 0 Å². The van der Waals surface area contributed by atoms with Gasteiger partial charge in [-0.2, -0.15) is 5.10 Å². The summed E-state index contributed by atoms with van der Waals surface area (Å²) in [5, 5.41) is 7.77. The van der Waals surface area contributed by atoms with E-state index in [9.17, 15) is 4.79 Å². The topological polar surface area (TPSA) is 89.6 Å². The molecule has 0 bridgehead atoms. The molecule has 0 spiro atoms. The lowest BCUT2D eigenvalue weighted by molar-refractivity contribution is 0.899. The Morgan fingerprint density at radius 3 is 2.94 bits per heavy atom. The Kier molecular flexibility index (Phi) is 2.42. The number of aromatic amines is 1. The van der Waals surface area contributed by atoms with Crippen LogP contribution < -0.4 is 11.3 Å². The lowest BCUT2D eigenvalue weighted by atomic mass is 10.1. The Balaban J connectivity index is 2.31. The number of nitrogens with zero attached hydrogens (tertiary/aromatic N) is 3. The highest BCUT2D eigenvalue weighted by Gasteiger charge is 2.06. The van der Waals surface area contributed by atoms with Crippen molar-refractivity contribution in [1.82, 2.24) is 19.7 Å². The van der Waals surface area contributed by atoms with Gasteiger partial charge in [-0.3, -0.25) is 4.79 Å². The van der Waals surface area contributed by atoms with Crippen LogP contribution in [-0.4, -0.2) is 19.7 Å².